The van der Waals surface area contributed by atoms with Crippen molar-refractivity contribution in [1.29, 1.82) is 0 Å². The van der Waals surface area contributed by atoms with Crippen LogP contribution in [0.15, 0.2) is 0 Å². The number of aliphatic hydroxyl groups is 1. The maximum Gasteiger partial charge on any atom is 0.217 e. The van der Waals surface area contributed by atoms with Crippen molar-refractivity contribution in [2.75, 3.05) is 19.8 Å². The number of rotatable bonds is 2. The lowest BCUT2D eigenvalue weighted by Crippen LogP contribution is -2.51. The van der Waals surface area contributed by atoms with Crippen molar-refractivity contribution in [3.63, 3.8) is 0 Å². The van der Waals surface area contributed by atoms with Crippen LogP contribution in [-0.4, -0.2) is 54.5 Å². The molecule has 1 unspecified atom stereocenters. The van der Waals surface area contributed by atoms with Crippen LogP contribution in [0.3, 0.4) is 0 Å². The molecule has 2 fully saturated rings. The van der Waals surface area contributed by atoms with Gasteiger partial charge in [-0.1, -0.05) is 0 Å². The van der Waals surface area contributed by atoms with Crippen LogP contribution < -0.4 is 0 Å². The van der Waals surface area contributed by atoms with Crippen LogP contribution in [0, 0.1) is 0 Å². The summed E-state index contributed by atoms with van der Waals surface area (Å²) in [4.78, 5) is 0. The zero-order chi connectivity index (χ0) is 12.7. The second-order valence-electron chi connectivity index (χ2n) is 5.39. The third-order valence-corrected chi connectivity index (χ3v) is 6.54. The van der Waals surface area contributed by atoms with Gasteiger partial charge in [0.05, 0.1) is 16.9 Å². The summed E-state index contributed by atoms with van der Waals surface area (Å²) in [6.07, 6.45) is 1.07. The summed E-state index contributed by atoms with van der Waals surface area (Å²) in [6.45, 7) is 5.04. The van der Waals surface area contributed by atoms with Crippen molar-refractivity contribution < 1.29 is 18.3 Å². The van der Waals surface area contributed by atoms with E-state index in [2.05, 4.69) is 0 Å². The van der Waals surface area contributed by atoms with E-state index in [4.69, 9.17) is 4.74 Å². The third kappa shape index (κ3) is 2.23. The molecule has 0 amide bonds. The molecule has 2 heterocycles. The lowest BCUT2D eigenvalue weighted by molar-refractivity contribution is 0.0833. The maximum atomic E-state index is 12.5. The van der Waals surface area contributed by atoms with Gasteiger partial charge in [0.25, 0.3) is 0 Å². The van der Waals surface area contributed by atoms with Crippen molar-refractivity contribution in [2.24, 2.45) is 0 Å². The Bertz CT molecular complexity index is 373. The van der Waals surface area contributed by atoms with E-state index in [1.807, 2.05) is 0 Å². The first kappa shape index (κ1) is 13.3. The Morgan fingerprint density at radius 3 is 2.29 bits per heavy atom. The molecule has 0 aromatic heterocycles. The monoisotopic (exact) mass is 263 g/mol. The fraction of sp³-hybridized carbons (Fsp3) is 1.00. The first-order valence-corrected chi connectivity index (χ1v) is 7.64. The molecule has 5 nitrogen and oxygen atoms in total. The predicted molar refractivity (Wildman–Crippen MR) is 64.2 cm³/mol. The van der Waals surface area contributed by atoms with Crippen molar-refractivity contribution >= 4 is 10.0 Å². The number of ether oxygens (including phenoxy) is 1. The van der Waals surface area contributed by atoms with E-state index in [1.54, 1.807) is 13.8 Å². The summed E-state index contributed by atoms with van der Waals surface area (Å²) in [5, 5.41) is 9.51. The molecule has 0 spiro atoms. The largest absolute Gasteiger partial charge is 0.391 e. The lowest BCUT2D eigenvalue weighted by atomic mass is 10.0. The molecule has 0 aromatic carbocycles. The Kier molecular flexibility index (Phi) is 3.51. The van der Waals surface area contributed by atoms with Crippen LogP contribution in [0.2, 0.25) is 0 Å². The summed E-state index contributed by atoms with van der Waals surface area (Å²) in [7, 11) is -3.31. The van der Waals surface area contributed by atoms with E-state index in [0.29, 0.717) is 39.0 Å². The standard InChI is InChI=1S/C11H21NO4S/c1-11(2)10(13)3-6-12(11)17(14,15)9-4-7-16-8-5-9/h9-10,13H,3-8H2,1-2H3. The lowest BCUT2D eigenvalue weighted by Gasteiger charge is -2.36. The van der Waals surface area contributed by atoms with Gasteiger partial charge >= 0.3 is 0 Å². The van der Waals surface area contributed by atoms with Crippen LogP contribution in [0.5, 0.6) is 0 Å². The Hall–Kier alpha value is -0.170. The molecule has 0 aliphatic carbocycles. The fourth-order valence-electron chi connectivity index (χ4n) is 2.66. The van der Waals surface area contributed by atoms with Crippen LogP contribution in [0.4, 0.5) is 0 Å². The second kappa shape index (κ2) is 4.50. The molecule has 0 aromatic rings. The van der Waals surface area contributed by atoms with Gasteiger partial charge in [-0.2, -0.15) is 4.31 Å². The van der Waals surface area contributed by atoms with E-state index >= 15 is 0 Å². The van der Waals surface area contributed by atoms with Crippen molar-refractivity contribution in [3.8, 4) is 0 Å². The Morgan fingerprint density at radius 2 is 1.82 bits per heavy atom. The van der Waals surface area contributed by atoms with Crippen LogP contribution >= 0.6 is 0 Å². The summed E-state index contributed by atoms with van der Waals surface area (Å²) in [6, 6.07) is 0. The molecule has 2 saturated heterocycles. The molecule has 2 aliphatic heterocycles. The summed E-state index contributed by atoms with van der Waals surface area (Å²) >= 11 is 0. The molecule has 100 valence electrons. The molecule has 2 rings (SSSR count). The zero-order valence-electron chi connectivity index (χ0n) is 10.4. The van der Waals surface area contributed by atoms with E-state index in [9.17, 15) is 13.5 Å². The van der Waals surface area contributed by atoms with E-state index in [1.165, 1.54) is 4.31 Å². The SMILES string of the molecule is CC1(C)C(O)CCN1S(=O)(=O)C1CCOCC1. The first-order valence-electron chi connectivity index (χ1n) is 6.14. The van der Waals surface area contributed by atoms with Crippen LogP contribution in [0.1, 0.15) is 33.1 Å². The van der Waals surface area contributed by atoms with Gasteiger partial charge < -0.3 is 9.84 Å². The molecule has 1 N–H and O–H groups in total. The molecule has 0 saturated carbocycles. The average molecular weight is 263 g/mol. The average Bonchev–Trinajstić information content (AvgIpc) is 2.55. The third-order valence-electron chi connectivity index (χ3n) is 3.96. The second-order valence-corrected chi connectivity index (χ2v) is 7.52. The van der Waals surface area contributed by atoms with Gasteiger partial charge in [0.1, 0.15) is 0 Å². The van der Waals surface area contributed by atoms with Gasteiger partial charge in [0.15, 0.2) is 0 Å². The Morgan fingerprint density at radius 1 is 1.24 bits per heavy atom. The van der Waals surface area contributed by atoms with Crippen molar-refractivity contribution in [2.45, 2.75) is 50.0 Å². The normalized spacial score (nSPS) is 31.8. The molecule has 0 bridgehead atoms. The quantitative estimate of drug-likeness (QED) is 0.780. The fourth-order valence-corrected chi connectivity index (χ4v) is 4.94. The number of sulfonamides is 1. The van der Waals surface area contributed by atoms with Gasteiger partial charge in [-0.25, -0.2) is 8.42 Å². The van der Waals surface area contributed by atoms with E-state index in [0.717, 1.165) is 0 Å². The topological polar surface area (TPSA) is 66.8 Å². The Labute approximate surface area is 103 Å². The van der Waals surface area contributed by atoms with Gasteiger partial charge in [-0.3, -0.25) is 0 Å². The Balaban J connectivity index is 2.21. The number of hydrogen-bond donors (Lipinski definition) is 1. The highest BCUT2D eigenvalue weighted by atomic mass is 32.2. The molecular weight excluding hydrogens is 242 g/mol. The highest BCUT2D eigenvalue weighted by Crippen LogP contribution is 2.34. The minimum atomic E-state index is -3.31. The van der Waals surface area contributed by atoms with E-state index in [-0.39, 0.29) is 5.25 Å². The minimum absolute atomic E-state index is 0.346. The number of hydrogen-bond acceptors (Lipinski definition) is 4. The minimum Gasteiger partial charge on any atom is -0.391 e. The molecule has 2 aliphatic rings. The molecule has 6 heteroatoms. The van der Waals surface area contributed by atoms with Crippen molar-refractivity contribution in [1.82, 2.24) is 4.31 Å². The predicted octanol–water partition coefficient (Wildman–Crippen LogP) is 0.340. The molecular formula is C11H21NO4S. The molecule has 17 heavy (non-hydrogen) atoms. The molecule has 0 radical (unpaired) electrons. The van der Waals surface area contributed by atoms with Crippen LogP contribution in [-0.2, 0) is 14.8 Å². The first-order chi connectivity index (χ1) is 7.87. The number of aliphatic hydroxyl groups excluding tert-OH is 1. The van der Waals surface area contributed by atoms with Crippen LogP contribution in [0.25, 0.3) is 0 Å². The van der Waals surface area contributed by atoms with Gasteiger partial charge in [-0.15, -0.1) is 0 Å². The number of nitrogens with zero attached hydrogens (tertiary/aromatic N) is 1. The van der Waals surface area contributed by atoms with Gasteiger partial charge in [0, 0.05) is 19.8 Å². The maximum absolute atomic E-state index is 12.5. The highest BCUT2D eigenvalue weighted by Gasteiger charge is 2.48. The highest BCUT2D eigenvalue weighted by molar-refractivity contribution is 7.89. The van der Waals surface area contributed by atoms with E-state index < -0.39 is 21.7 Å². The summed E-state index contributed by atoms with van der Waals surface area (Å²) in [5.74, 6) is 0. The van der Waals surface area contributed by atoms with Gasteiger partial charge in [0.2, 0.25) is 10.0 Å². The summed E-state index contributed by atoms with van der Waals surface area (Å²) < 4.78 is 31.7. The van der Waals surface area contributed by atoms with Crippen molar-refractivity contribution in [3.05, 3.63) is 0 Å². The summed E-state index contributed by atoms with van der Waals surface area (Å²) in [5.41, 5.74) is -0.683. The molecule has 1 atom stereocenters. The zero-order valence-corrected chi connectivity index (χ0v) is 11.2. The smallest absolute Gasteiger partial charge is 0.217 e. The van der Waals surface area contributed by atoms with Gasteiger partial charge in [-0.05, 0) is 33.1 Å².